The molecule has 0 radical (unpaired) electrons. The second kappa shape index (κ2) is 7.76. The third-order valence-corrected chi connectivity index (χ3v) is 3.44. The van der Waals surface area contributed by atoms with E-state index in [4.69, 9.17) is 16.3 Å². The van der Waals surface area contributed by atoms with Crippen molar-refractivity contribution in [2.24, 2.45) is 0 Å². The Morgan fingerprint density at radius 2 is 2.25 bits per heavy atom. The molecule has 0 spiro atoms. The van der Waals surface area contributed by atoms with Gasteiger partial charge < -0.3 is 14.8 Å². The predicted octanol–water partition coefficient (Wildman–Crippen LogP) is 3.60. The normalized spacial score (nSPS) is 19.3. The Balaban J connectivity index is 1.88. The lowest BCUT2D eigenvalue weighted by Gasteiger charge is -2.23. The maximum Gasteiger partial charge on any atom is 0.387 e. The Bertz CT molecular complexity index is 426. The number of rotatable bonds is 6. The molecule has 1 aliphatic heterocycles. The molecule has 112 valence electrons. The number of alkyl halides is 2. The fraction of sp³-hybridized carbons (Fsp3) is 0.571. The molecular formula is C14H18ClF2NO2. The zero-order chi connectivity index (χ0) is 14.4. The van der Waals surface area contributed by atoms with E-state index in [-0.39, 0.29) is 11.9 Å². The van der Waals surface area contributed by atoms with Crippen molar-refractivity contribution >= 4 is 11.6 Å². The summed E-state index contributed by atoms with van der Waals surface area (Å²) >= 11 is 5.89. The van der Waals surface area contributed by atoms with E-state index >= 15 is 0 Å². The van der Waals surface area contributed by atoms with Crippen molar-refractivity contribution in [3.05, 3.63) is 28.8 Å². The van der Waals surface area contributed by atoms with Gasteiger partial charge in [0.1, 0.15) is 5.75 Å². The van der Waals surface area contributed by atoms with Gasteiger partial charge in [-0.05, 0) is 37.5 Å². The smallest absolute Gasteiger partial charge is 0.387 e. The number of benzene rings is 1. The van der Waals surface area contributed by atoms with Crippen LogP contribution in [-0.4, -0.2) is 25.9 Å². The summed E-state index contributed by atoms with van der Waals surface area (Å²) in [5, 5.41) is 3.70. The summed E-state index contributed by atoms with van der Waals surface area (Å²) in [7, 11) is 0. The van der Waals surface area contributed by atoms with E-state index < -0.39 is 6.61 Å². The van der Waals surface area contributed by atoms with Crippen molar-refractivity contribution in [1.82, 2.24) is 5.32 Å². The summed E-state index contributed by atoms with van der Waals surface area (Å²) in [6.07, 6.45) is 3.51. The number of hydrogen-bond donors (Lipinski definition) is 1. The molecule has 1 aromatic rings. The van der Waals surface area contributed by atoms with Gasteiger partial charge in [-0.15, -0.1) is 0 Å². The summed E-state index contributed by atoms with van der Waals surface area (Å²) in [5.41, 5.74) is 0.619. The average Bonchev–Trinajstić information content (AvgIpc) is 2.42. The van der Waals surface area contributed by atoms with Gasteiger partial charge in [0.25, 0.3) is 0 Å². The Hall–Kier alpha value is -0.910. The summed E-state index contributed by atoms with van der Waals surface area (Å²) in [4.78, 5) is 0. The van der Waals surface area contributed by atoms with E-state index in [9.17, 15) is 8.78 Å². The van der Waals surface area contributed by atoms with Crippen LogP contribution in [0.5, 0.6) is 5.75 Å². The maximum atomic E-state index is 12.3. The second-order valence-corrected chi connectivity index (χ2v) is 5.19. The Morgan fingerprint density at radius 1 is 1.40 bits per heavy atom. The monoisotopic (exact) mass is 305 g/mol. The standard InChI is InChI=1S/C14H18ClF2NO2/c15-11-4-5-13(20-14(16)17)10(7-11)8-18-9-12-3-1-2-6-19-12/h4-5,7,12,14,18H,1-3,6,8-9H2. The van der Waals surface area contributed by atoms with Crippen molar-refractivity contribution in [1.29, 1.82) is 0 Å². The van der Waals surface area contributed by atoms with E-state index in [1.807, 2.05) is 0 Å². The van der Waals surface area contributed by atoms with E-state index in [1.165, 1.54) is 18.6 Å². The zero-order valence-corrected chi connectivity index (χ0v) is 11.8. The molecule has 1 heterocycles. The molecule has 3 nitrogen and oxygen atoms in total. The number of ether oxygens (including phenoxy) is 2. The van der Waals surface area contributed by atoms with Gasteiger partial charge in [0, 0.05) is 30.3 Å². The Kier molecular flexibility index (Phi) is 6.01. The first-order chi connectivity index (χ1) is 9.65. The molecule has 0 aliphatic carbocycles. The predicted molar refractivity (Wildman–Crippen MR) is 73.4 cm³/mol. The Morgan fingerprint density at radius 3 is 2.95 bits per heavy atom. The molecule has 1 unspecified atom stereocenters. The van der Waals surface area contributed by atoms with Gasteiger partial charge in [-0.2, -0.15) is 8.78 Å². The van der Waals surface area contributed by atoms with Crippen molar-refractivity contribution in [3.8, 4) is 5.75 Å². The third-order valence-electron chi connectivity index (χ3n) is 3.20. The van der Waals surface area contributed by atoms with E-state index in [1.54, 1.807) is 6.07 Å². The summed E-state index contributed by atoms with van der Waals surface area (Å²) < 4.78 is 34.7. The molecular weight excluding hydrogens is 288 g/mol. The zero-order valence-electron chi connectivity index (χ0n) is 11.1. The molecule has 1 aliphatic rings. The van der Waals surface area contributed by atoms with Crippen LogP contribution in [0.15, 0.2) is 18.2 Å². The molecule has 20 heavy (non-hydrogen) atoms. The molecule has 0 bridgehead atoms. The average molecular weight is 306 g/mol. The quantitative estimate of drug-likeness (QED) is 0.871. The lowest BCUT2D eigenvalue weighted by atomic mass is 10.1. The van der Waals surface area contributed by atoms with Crippen LogP contribution < -0.4 is 10.1 Å². The van der Waals surface area contributed by atoms with Crippen LogP contribution >= 0.6 is 11.6 Å². The summed E-state index contributed by atoms with van der Waals surface area (Å²) in [6.45, 7) is -0.927. The van der Waals surface area contributed by atoms with Gasteiger partial charge in [-0.3, -0.25) is 0 Å². The SMILES string of the molecule is FC(F)Oc1ccc(Cl)cc1CNCC1CCCCO1. The number of halogens is 3. The molecule has 1 N–H and O–H groups in total. The largest absolute Gasteiger partial charge is 0.434 e. The van der Waals surface area contributed by atoms with Crippen LogP contribution in [0.4, 0.5) is 8.78 Å². The molecule has 1 atom stereocenters. The Labute approximate surface area is 122 Å². The highest BCUT2D eigenvalue weighted by molar-refractivity contribution is 6.30. The highest BCUT2D eigenvalue weighted by Gasteiger charge is 2.14. The van der Waals surface area contributed by atoms with Crippen LogP contribution in [0, 0.1) is 0 Å². The van der Waals surface area contributed by atoms with Crippen LogP contribution in [0.2, 0.25) is 5.02 Å². The van der Waals surface area contributed by atoms with Crippen molar-refractivity contribution < 1.29 is 18.3 Å². The van der Waals surface area contributed by atoms with Gasteiger partial charge in [-0.1, -0.05) is 11.6 Å². The molecule has 6 heteroatoms. The summed E-state index contributed by atoms with van der Waals surface area (Å²) in [6, 6.07) is 4.63. The van der Waals surface area contributed by atoms with Crippen molar-refractivity contribution in [2.75, 3.05) is 13.2 Å². The molecule has 0 amide bonds. The van der Waals surface area contributed by atoms with Crippen LogP contribution in [0.1, 0.15) is 24.8 Å². The second-order valence-electron chi connectivity index (χ2n) is 4.75. The summed E-state index contributed by atoms with van der Waals surface area (Å²) in [5.74, 6) is 0.154. The molecule has 2 rings (SSSR count). The highest BCUT2D eigenvalue weighted by atomic mass is 35.5. The number of nitrogens with one attached hydrogen (secondary N) is 1. The molecule has 1 fully saturated rings. The molecule has 1 saturated heterocycles. The minimum absolute atomic E-state index is 0.154. The first-order valence-corrected chi connectivity index (χ1v) is 7.08. The van der Waals surface area contributed by atoms with Crippen LogP contribution in [0.25, 0.3) is 0 Å². The van der Waals surface area contributed by atoms with Crippen molar-refractivity contribution in [2.45, 2.75) is 38.5 Å². The fourth-order valence-corrected chi connectivity index (χ4v) is 2.43. The molecule has 0 aromatic heterocycles. The van der Waals surface area contributed by atoms with E-state index in [2.05, 4.69) is 10.1 Å². The van der Waals surface area contributed by atoms with Gasteiger partial charge in [0.05, 0.1) is 6.10 Å². The van der Waals surface area contributed by atoms with Crippen molar-refractivity contribution in [3.63, 3.8) is 0 Å². The van der Waals surface area contributed by atoms with E-state index in [0.29, 0.717) is 23.7 Å². The minimum atomic E-state index is -2.84. The molecule has 1 aromatic carbocycles. The minimum Gasteiger partial charge on any atom is -0.434 e. The maximum absolute atomic E-state index is 12.3. The topological polar surface area (TPSA) is 30.5 Å². The highest BCUT2D eigenvalue weighted by Crippen LogP contribution is 2.24. The van der Waals surface area contributed by atoms with Gasteiger partial charge in [0.15, 0.2) is 0 Å². The lowest BCUT2D eigenvalue weighted by Crippen LogP contribution is -2.31. The van der Waals surface area contributed by atoms with E-state index in [0.717, 1.165) is 19.4 Å². The first kappa shape index (κ1) is 15.5. The number of hydrogen-bond acceptors (Lipinski definition) is 3. The molecule has 0 saturated carbocycles. The van der Waals surface area contributed by atoms with Crippen LogP contribution in [-0.2, 0) is 11.3 Å². The van der Waals surface area contributed by atoms with Gasteiger partial charge in [0.2, 0.25) is 0 Å². The van der Waals surface area contributed by atoms with Crippen LogP contribution in [0.3, 0.4) is 0 Å². The lowest BCUT2D eigenvalue weighted by molar-refractivity contribution is -0.0505. The van der Waals surface area contributed by atoms with Gasteiger partial charge >= 0.3 is 6.61 Å². The first-order valence-electron chi connectivity index (χ1n) is 6.70. The van der Waals surface area contributed by atoms with Gasteiger partial charge in [-0.25, -0.2) is 0 Å². The third kappa shape index (κ3) is 4.89. The fourth-order valence-electron chi connectivity index (χ4n) is 2.23.